The topological polar surface area (TPSA) is 22.9 Å². The van der Waals surface area contributed by atoms with Gasteiger partial charge in [-0.05, 0) is 30.3 Å². The Labute approximate surface area is 134 Å². The van der Waals surface area contributed by atoms with Crippen molar-refractivity contribution in [3.63, 3.8) is 0 Å². The highest BCUT2D eigenvalue weighted by molar-refractivity contribution is 6.09. The van der Waals surface area contributed by atoms with E-state index in [0.717, 1.165) is 39.0 Å². The van der Waals surface area contributed by atoms with E-state index in [0.29, 0.717) is 0 Å². The van der Waals surface area contributed by atoms with Crippen molar-refractivity contribution >= 4 is 16.4 Å². The molecular weight excluding hydrogens is 286 g/mol. The molecule has 3 heteroatoms. The summed E-state index contributed by atoms with van der Waals surface area (Å²) in [5.74, 6) is 1.73. The van der Waals surface area contributed by atoms with Crippen LogP contribution >= 0.6 is 0 Å². The van der Waals surface area contributed by atoms with Gasteiger partial charge in [-0.3, -0.25) is 0 Å². The molecule has 0 radical (unpaired) electrons. The summed E-state index contributed by atoms with van der Waals surface area (Å²) in [6.07, 6.45) is 2.08. The van der Waals surface area contributed by atoms with E-state index in [1.54, 1.807) is 14.2 Å². The Morgan fingerprint density at radius 3 is 2.22 bits per heavy atom. The van der Waals surface area contributed by atoms with Crippen LogP contribution in [-0.4, -0.2) is 18.6 Å². The molecule has 2 aromatic carbocycles. The second-order valence-corrected chi connectivity index (χ2v) is 5.39. The first-order chi connectivity index (χ1) is 11.3. The predicted molar refractivity (Wildman–Crippen MR) is 93.4 cm³/mol. The predicted octanol–water partition coefficient (Wildman–Crippen LogP) is 4.78. The average molecular weight is 303 g/mol. The van der Waals surface area contributed by atoms with Crippen LogP contribution in [0.15, 0.2) is 66.9 Å². The van der Waals surface area contributed by atoms with Crippen molar-refractivity contribution < 1.29 is 9.47 Å². The maximum absolute atomic E-state index is 5.64. The molecule has 0 bridgehead atoms. The molecule has 2 heterocycles. The minimum Gasteiger partial charge on any atom is -0.496 e. The quantitative estimate of drug-likeness (QED) is 0.544. The summed E-state index contributed by atoms with van der Waals surface area (Å²) in [6, 6.07) is 20.5. The fraction of sp³-hybridized carbons (Fsp3) is 0.100. The van der Waals surface area contributed by atoms with E-state index in [1.165, 1.54) is 0 Å². The van der Waals surface area contributed by atoms with Gasteiger partial charge in [0.25, 0.3) is 0 Å². The lowest BCUT2D eigenvalue weighted by atomic mass is 10.0. The molecule has 0 amide bonds. The molecule has 0 aliphatic carbocycles. The van der Waals surface area contributed by atoms with E-state index < -0.39 is 0 Å². The molecule has 0 atom stereocenters. The van der Waals surface area contributed by atoms with Gasteiger partial charge in [0.05, 0.1) is 30.6 Å². The number of aromatic nitrogens is 1. The SMILES string of the molecule is COc1ccccc1-c1c2c(OC)cccc2n2ccccc12. The van der Waals surface area contributed by atoms with E-state index in [2.05, 4.69) is 34.9 Å². The Balaban J connectivity index is 2.23. The lowest BCUT2D eigenvalue weighted by Gasteiger charge is -2.09. The van der Waals surface area contributed by atoms with Crippen LogP contribution in [0.4, 0.5) is 0 Å². The van der Waals surface area contributed by atoms with Crippen LogP contribution in [-0.2, 0) is 0 Å². The standard InChI is InChI=1S/C20H17NO2/c1-22-17-11-4-3-8-14(17)19-15-9-5-6-13-21(15)16-10-7-12-18(23-2)20(16)19/h3-13H,1-2H3. The van der Waals surface area contributed by atoms with E-state index in [4.69, 9.17) is 9.47 Å². The number of hydrogen-bond acceptors (Lipinski definition) is 2. The number of benzene rings is 2. The second-order valence-electron chi connectivity index (χ2n) is 5.39. The average Bonchev–Trinajstić information content (AvgIpc) is 2.96. The van der Waals surface area contributed by atoms with Gasteiger partial charge in [-0.25, -0.2) is 0 Å². The number of hydrogen-bond donors (Lipinski definition) is 0. The summed E-state index contributed by atoms with van der Waals surface area (Å²) < 4.78 is 13.4. The molecule has 0 saturated carbocycles. The lowest BCUT2D eigenvalue weighted by Crippen LogP contribution is -1.88. The minimum absolute atomic E-state index is 0.858. The van der Waals surface area contributed by atoms with Crippen LogP contribution < -0.4 is 9.47 Å². The molecule has 0 saturated heterocycles. The molecule has 0 aliphatic rings. The van der Waals surface area contributed by atoms with Gasteiger partial charge in [0.1, 0.15) is 11.5 Å². The van der Waals surface area contributed by atoms with Gasteiger partial charge in [-0.2, -0.15) is 0 Å². The number of ether oxygens (including phenoxy) is 2. The number of methoxy groups -OCH3 is 2. The first kappa shape index (κ1) is 13.7. The second kappa shape index (κ2) is 5.36. The van der Waals surface area contributed by atoms with Crippen LogP contribution in [0.1, 0.15) is 0 Å². The smallest absolute Gasteiger partial charge is 0.128 e. The Morgan fingerprint density at radius 1 is 0.696 bits per heavy atom. The summed E-state index contributed by atoms with van der Waals surface area (Å²) in [7, 11) is 3.42. The largest absolute Gasteiger partial charge is 0.496 e. The first-order valence-electron chi connectivity index (χ1n) is 7.54. The monoisotopic (exact) mass is 303 g/mol. The highest BCUT2D eigenvalue weighted by atomic mass is 16.5. The van der Waals surface area contributed by atoms with E-state index >= 15 is 0 Å². The Kier molecular flexibility index (Phi) is 3.19. The van der Waals surface area contributed by atoms with Crippen molar-refractivity contribution in [2.75, 3.05) is 14.2 Å². The van der Waals surface area contributed by atoms with Crippen molar-refractivity contribution in [3.8, 4) is 22.6 Å². The molecule has 0 fully saturated rings. The molecule has 114 valence electrons. The summed E-state index contributed by atoms with van der Waals surface area (Å²) in [5.41, 5.74) is 4.46. The van der Waals surface area contributed by atoms with Crippen molar-refractivity contribution in [2.24, 2.45) is 0 Å². The van der Waals surface area contributed by atoms with Crippen LogP contribution in [0.25, 0.3) is 27.5 Å². The molecule has 0 spiro atoms. The van der Waals surface area contributed by atoms with Crippen LogP contribution in [0.2, 0.25) is 0 Å². The Bertz CT molecular complexity index is 1000. The van der Waals surface area contributed by atoms with Gasteiger partial charge in [-0.15, -0.1) is 0 Å². The summed E-state index contributed by atoms with van der Waals surface area (Å²) >= 11 is 0. The van der Waals surface area contributed by atoms with Gasteiger partial charge in [0.2, 0.25) is 0 Å². The molecule has 4 rings (SSSR count). The first-order valence-corrected chi connectivity index (χ1v) is 7.54. The van der Waals surface area contributed by atoms with Gasteiger partial charge in [0, 0.05) is 17.3 Å². The van der Waals surface area contributed by atoms with E-state index in [1.807, 2.05) is 36.4 Å². The van der Waals surface area contributed by atoms with E-state index in [9.17, 15) is 0 Å². The normalized spacial score (nSPS) is 11.0. The van der Waals surface area contributed by atoms with Gasteiger partial charge < -0.3 is 13.9 Å². The highest BCUT2D eigenvalue weighted by Gasteiger charge is 2.19. The van der Waals surface area contributed by atoms with Crippen molar-refractivity contribution in [1.82, 2.24) is 4.40 Å². The number of nitrogens with zero attached hydrogens (tertiary/aromatic N) is 1. The molecular formula is C20H17NO2. The molecule has 0 unspecified atom stereocenters. The molecule has 0 aliphatic heterocycles. The molecule has 3 nitrogen and oxygen atoms in total. The third kappa shape index (κ3) is 1.97. The summed E-state index contributed by atoms with van der Waals surface area (Å²) in [5, 5.41) is 1.10. The summed E-state index contributed by atoms with van der Waals surface area (Å²) in [4.78, 5) is 0. The fourth-order valence-corrected chi connectivity index (χ4v) is 3.25. The maximum Gasteiger partial charge on any atom is 0.128 e. The third-order valence-corrected chi connectivity index (χ3v) is 4.23. The van der Waals surface area contributed by atoms with E-state index in [-0.39, 0.29) is 0 Å². The molecule has 2 aromatic heterocycles. The molecule has 0 N–H and O–H groups in total. The third-order valence-electron chi connectivity index (χ3n) is 4.23. The fourth-order valence-electron chi connectivity index (χ4n) is 3.25. The Morgan fingerprint density at radius 2 is 1.39 bits per heavy atom. The van der Waals surface area contributed by atoms with Gasteiger partial charge in [0.15, 0.2) is 0 Å². The van der Waals surface area contributed by atoms with Crippen LogP contribution in [0.5, 0.6) is 11.5 Å². The number of fused-ring (bicyclic) bond motifs is 3. The number of rotatable bonds is 3. The summed E-state index contributed by atoms with van der Waals surface area (Å²) in [6.45, 7) is 0. The van der Waals surface area contributed by atoms with Crippen molar-refractivity contribution in [3.05, 3.63) is 66.9 Å². The lowest BCUT2D eigenvalue weighted by molar-refractivity contribution is 0.416. The molecule has 4 aromatic rings. The Hall–Kier alpha value is -2.94. The molecule has 23 heavy (non-hydrogen) atoms. The number of pyridine rings is 1. The van der Waals surface area contributed by atoms with Gasteiger partial charge in [-0.1, -0.05) is 30.3 Å². The zero-order chi connectivity index (χ0) is 15.8. The van der Waals surface area contributed by atoms with Crippen molar-refractivity contribution in [1.29, 1.82) is 0 Å². The maximum atomic E-state index is 5.64. The van der Waals surface area contributed by atoms with Crippen molar-refractivity contribution in [2.45, 2.75) is 0 Å². The number of para-hydroxylation sites is 1. The van der Waals surface area contributed by atoms with Gasteiger partial charge >= 0.3 is 0 Å². The minimum atomic E-state index is 0.858. The zero-order valence-electron chi connectivity index (χ0n) is 13.1. The zero-order valence-corrected chi connectivity index (χ0v) is 13.1. The van der Waals surface area contributed by atoms with Crippen LogP contribution in [0.3, 0.4) is 0 Å². The van der Waals surface area contributed by atoms with Crippen LogP contribution in [0, 0.1) is 0 Å². The highest BCUT2D eigenvalue weighted by Crippen LogP contribution is 2.43.